The van der Waals surface area contributed by atoms with Crippen molar-refractivity contribution in [3.8, 4) is 0 Å². The summed E-state index contributed by atoms with van der Waals surface area (Å²) in [6.07, 6.45) is 1.17. The molecule has 4 heteroatoms. The van der Waals surface area contributed by atoms with Crippen LogP contribution in [-0.4, -0.2) is 36.2 Å². The maximum atomic E-state index is 5.32. The molecule has 2 aliphatic heterocycles. The summed E-state index contributed by atoms with van der Waals surface area (Å²) in [6.45, 7) is 7.15. The van der Waals surface area contributed by atoms with Crippen molar-refractivity contribution in [3.63, 3.8) is 0 Å². The largest absolute Gasteiger partial charge is 0.381 e. The lowest BCUT2D eigenvalue weighted by atomic mass is 10.1. The summed E-state index contributed by atoms with van der Waals surface area (Å²) in [4.78, 5) is 4.59. The van der Waals surface area contributed by atoms with Crippen LogP contribution in [-0.2, 0) is 4.74 Å². The highest BCUT2D eigenvalue weighted by atomic mass is 32.2. The molecule has 0 spiro atoms. The molecule has 3 nitrogen and oxygen atoms in total. The Balaban J connectivity index is 1.81. The minimum atomic E-state index is 0.218. The molecule has 0 saturated carbocycles. The second kappa shape index (κ2) is 4.11. The Labute approximate surface area is 89.7 Å². The molecule has 0 aromatic carbocycles. The second-order valence-electron chi connectivity index (χ2n) is 4.67. The highest BCUT2D eigenvalue weighted by Crippen LogP contribution is 2.22. The van der Waals surface area contributed by atoms with E-state index in [0.29, 0.717) is 5.92 Å². The molecule has 1 N–H and O–H groups in total. The molecule has 2 aliphatic rings. The van der Waals surface area contributed by atoms with Crippen LogP contribution in [0.4, 0.5) is 0 Å². The molecule has 1 unspecified atom stereocenters. The molecule has 2 heterocycles. The quantitative estimate of drug-likeness (QED) is 0.756. The van der Waals surface area contributed by atoms with Crippen LogP contribution in [0.3, 0.4) is 0 Å². The lowest BCUT2D eigenvalue weighted by Crippen LogP contribution is -2.37. The summed E-state index contributed by atoms with van der Waals surface area (Å²) in [5.41, 5.74) is 0.218. The first-order chi connectivity index (χ1) is 6.66. The lowest BCUT2D eigenvalue weighted by Gasteiger charge is -2.15. The number of hydrogen-bond donors (Lipinski definition) is 1. The van der Waals surface area contributed by atoms with Gasteiger partial charge in [-0.15, -0.1) is 0 Å². The van der Waals surface area contributed by atoms with Gasteiger partial charge in [0.2, 0.25) is 0 Å². The van der Waals surface area contributed by atoms with E-state index in [2.05, 4.69) is 24.2 Å². The summed E-state index contributed by atoms with van der Waals surface area (Å²) in [7, 11) is 0. The molecule has 0 radical (unpaired) electrons. The van der Waals surface area contributed by atoms with Crippen molar-refractivity contribution in [2.75, 3.05) is 25.5 Å². The SMILES string of the molecule is CC1(C)CSC(=NCC2CCOC2)N1. The van der Waals surface area contributed by atoms with E-state index < -0.39 is 0 Å². The van der Waals surface area contributed by atoms with Crippen LogP contribution in [0.1, 0.15) is 20.3 Å². The average molecular weight is 214 g/mol. The number of ether oxygens (including phenoxy) is 1. The van der Waals surface area contributed by atoms with E-state index >= 15 is 0 Å². The van der Waals surface area contributed by atoms with Crippen LogP contribution in [0.25, 0.3) is 0 Å². The van der Waals surface area contributed by atoms with Gasteiger partial charge >= 0.3 is 0 Å². The second-order valence-corrected chi connectivity index (χ2v) is 5.64. The predicted molar refractivity (Wildman–Crippen MR) is 60.9 cm³/mol. The van der Waals surface area contributed by atoms with Crippen molar-refractivity contribution < 1.29 is 4.74 Å². The van der Waals surface area contributed by atoms with Gasteiger partial charge in [-0.1, -0.05) is 11.8 Å². The maximum Gasteiger partial charge on any atom is 0.157 e. The number of amidine groups is 1. The topological polar surface area (TPSA) is 33.6 Å². The Morgan fingerprint density at radius 1 is 1.64 bits per heavy atom. The van der Waals surface area contributed by atoms with Gasteiger partial charge in [-0.3, -0.25) is 4.99 Å². The summed E-state index contributed by atoms with van der Waals surface area (Å²) < 4.78 is 5.32. The van der Waals surface area contributed by atoms with E-state index in [1.54, 1.807) is 0 Å². The van der Waals surface area contributed by atoms with Crippen molar-refractivity contribution in [2.24, 2.45) is 10.9 Å². The molecule has 2 saturated heterocycles. The molecule has 1 atom stereocenters. The highest BCUT2D eigenvalue weighted by Gasteiger charge is 2.27. The lowest BCUT2D eigenvalue weighted by molar-refractivity contribution is 0.187. The van der Waals surface area contributed by atoms with Gasteiger partial charge in [0.1, 0.15) is 0 Å². The summed E-state index contributed by atoms with van der Waals surface area (Å²) in [6, 6.07) is 0. The first-order valence-electron chi connectivity index (χ1n) is 5.19. The van der Waals surface area contributed by atoms with Gasteiger partial charge in [-0.25, -0.2) is 0 Å². The van der Waals surface area contributed by atoms with Gasteiger partial charge in [0, 0.05) is 30.4 Å². The molecule has 0 aromatic heterocycles. The summed E-state index contributed by atoms with van der Waals surface area (Å²) >= 11 is 1.83. The zero-order chi connectivity index (χ0) is 10.0. The monoisotopic (exact) mass is 214 g/mol. The van der Waals surface area contributed by atoms with E-state index in [4.69, 9.17) is 4.74 Å². The third-order valence-corrected chi connectivity index (χ3v) is 3.90. The van der Waals surface area contributed by atoms with E-state index in [9.17, 15) is 0 Å². The molecule has 2 rings (SSSR count). The summed E-state index contributed by atoms with van der Waals surface area (Å²) in [5, 5.41) is 4.54. The van der Waals surface area contributed by atoms with E-state index in [-0.39, 0.29) is 5.54 Å². The Kier molecular flexibility index (Phi) is 3.02. The average Bonchev–Trinajstić information content (AvgIpc) is 2.70. The Morgan fingerprint density at radius 3 is 3.07 bits per heavy atom. The molecular formula is C10H18N2OS. The minimum absolute atomic E-state index is 0.218. The normalized spacial score (nSPS) is 33.6. The van der Waals surface area contributed by atoms with Gasteiger partial charge in [0.25, 0.3) is 0 Å². The van der Waals surface area contributed by atoms with Gasteiger partial charge in [0.15, 0.2) is 5.17 Å². The smallest absolute Gasteiger partial charge is 0.157 e. The Morgan fingerprint density at radius 2 is 2.50 bits per heavy atom. The number of nitrogens with zero attached hydrogens (tertiary/aromatic N) is 1. The fourth-order valence-electron chi connectivity index (χ4n) is 1.63. The van der Waals surface area contributed by atoms with Gasteiger partial charge in [-0.2, -0.15) is 0 Å². The molecule has 80 valence electrons. The Bertz CT molecular complexity index is 234. The third-order valence-electron chi connectivity index (χ3n) is 2.53. The fourth-order valence-corrected chi connectivity index (χ4v) is 2.72. The first-order valence-corrected chi connectivity index (χ1v) is 6.17. The molecule has 0 amide bonds. The zero-order valence-electron chi connectivity index (χ0n) is 8.88. The maximum absolute atomic E-state index is 5.32. The molecule has 2 fully saturated rings. The van der Waals surface area contributed by atoms with Crippen LogP contribution in [0.5, 0.6) is 0 Å². The fraction of sp³-hybridized carbons (Fsp3) is 0.900. The first kappa shape index (κ1) is 10.3. The Hall–Kier alpha value is -0.220. The van der Waals surface area contributed by atoms with Crippen molar-refractivity contribution in [2.45, 2.75) is 25.8 Å². The summed E-state index contributed by atoms with van der Waals surface area (Å²) in [5.74, 6) is 1.76. The van der Waals surface area contributed by atoms with E-state index in [1.165, 1.54) is 6.42 Å². The van der Waals surface area contributed by atoms with E-state index in [1.807, 2.05) is 11.8 Å². The third kappa shape index (κ3) is 2.64. The van der Waals surface area contributed by atoms with Crippen molar-refractivity contribution in [3.05, 3.63) is 0 Å². The van der Waals surface area contributed by atoms with Crippen LogP contribution >= 0.6 is 11.8 Å². The van der Waals surface area contributed by atoms with Crippen LogP contribution in [0, 0.1) is 5.92 Å². The minimum Gasteiger partial charge on any atom is -0.381 e. The van der Waals surface area contributed by atoms with Crippen molar-refractivity contribution in [1.29, 1.82) is 0 Å². The van der Waals surface area contributed by atoms with E-state index in [0.717, 1.165) is 30.7 Å². The number of aliphatic imine (C=N–C) groups is 1. The number of hydrogen-bond acceptors (Lipinski definition) is 3. The van der Waals surface area contributed by atoms with Crippen molar-refractivity contribution >= 4 is 16.9 Å². The van der Waals surface area contributed by atoms with Crippen LogP contribution < -0.4 is 5.32 Å². The standard InChI is InChI=1S/C10H18N2OS/c1-10(2)7-14-9(12-10)11-5-8-3-4-13-6-8/h8H,3-7H2,1-2H3,(H,11,12). The molecule has 0 aromatic rings. The van der Waals surface area contributed by atoms with Gasteiger partial charge in [-0.05, 0) is 20.3 Å². The predicted octanol–water partition coefficient (Wildman–Crippen LogP) is 1.49. The number of nitrogens with one attached hydrogen (secondary N) is 1. The van der Waals surface area contributed by atoms with Crippen LogP contribution in [0.2, 0.25) is 0 Å². The number of thioether (sulfide) groups is 1. The highest BCUT2D eigenvalue weighted by molar-refractivity contribution is 8.14. The molecule has 0 bridgehead atoms. The number of rotatable bonds is 2. The van der Waals surface area contributed by atoms with Gasteiger partial charge in [0.05, 0.1) is 6.61 Å². The zero-order valence-corrected chi connectivity index (χ0v) is 9.69. The van der Waals surface area contributed by atoms with Gasteiger partial charge < -0.3 is 10.1 Å². The molecule has 0 aliphatic carbocycles. The molecule has 14 heavy (non-hydrogen) atoms. The molecular weight excluding hydrogens is 196 g/mol. The van der Waals surface area contributed by atoms with Crippen molar-refractivity contribution in [1.82, 2.24) is 5.32 Å². The van der Waals surface area contributed by atoms with Crippen LogP contribution in [0.15, 0.2) is 4.99 Å².